The van der Waals surface area contributed by atoms with Gasteiger partial charge in [0.05, 0.1) is 16.1 Å². The van der Waals surface area contributed by atoms with Crippen LogP contribution in [-0.2, 0) is 4.74 Å². The smallest absolute Gasteiger partial charge is 0.342 e. The molecule has 112 valence electrons. The number of carbonyl (C=O) groups excluding carboxylic acids is 1. The van der Waals surface area contributed by atoms with Crippen molar-refractivity contribution in [2.24, 2.45) is 0 Å². The molecule has 0 saturated carbocycles. The van der Waals surface area contributed by atoms with Crippen LogP contribution >= 0.6 is 11.6 Å². The van der Waals surface area contributed by atoms with Crippen LogP contribution in [0.25, 0.3) is 10.9 Å². The summed E-state index contributed by atoms with van der Waals surface area (Å²) in [4.78, 5) is 16.4. The quantitative estimate of drug-likeness (QED) is 0.501. The molecule has 0 aliphatic carbocycles. The van der Waals surface area contributed by atoms with Crippen LogP contribution in [0.2, 0.25) is 5.02 Å². The van der Waals surface area contributed by atoms with Crippen molar-refractivity contribution in [1.82, 2.24) is 10.3 Å². The van der Waals surface area contributed by atoms with Crippen molar-refractivity contribution in [3.8, 4) is 0 Å². The molecule has 1 unspecified atom stereocenters. The first kappa shape index (κ1) is 15.7. The Hall–Kier alpha value is -1.65. The molecule has 0 spiro atoms. The summed E-state index contributed by atoms with van der Waals surface area (Å²) in [5.41, 5.74) is 1.05. The van der Waals surface area contributed by atoms with Gasteiger partial charge in [-0.1, -0.05) is 43.1 Å². The number of benzene rings is 1. The SMILES string of the molecule is CCCCNC(C)OC(=O)c1cnc2ccccc2c1Cl. The number of aromatic nitrogens is 1. The first-order valence-electron chi connectivity index (χ1n) is 7.11. The summed E-state index contributed by atoms with van der Waals surface area (Å²) in [6.07, 6.45) is 3.24. The van der Waals surface area contributed by atoms with Gasteiger partial charge in [-0.25, -0.2) is 4.79 Å². The molecule has 1 atom stereocenters. The zero-order valence-corrected chi connectivity index (χ0v) is 13.0. The number of nitrogens with zero attached hydrogens (tertiary/aromatic N) is 1. The number of carbonyl (C=O) groups is 1. The van der Waals surface area contributed by atoms with Gasteiger partial charge in [0.2, 0.25) is 0 Å². The number of unbranched alkanes of at least 4 members (excludes halogenated alkanes) is 1. The zero-order chi connectivity index (χ0) is 15.2. The number of ether oxygens (including phenoxy) is 1. The van der Waals surface area contributed by atoms with Crippen LogP contribution in [0.4, 0.5) is 0 Å². The second-order valence-corrected chi connectivity index (χ2v) is 5.24. The van der Waals surface area contributed by atoms with Crippen LogP contribution < -0.4 is 5.32 Å². The summed E-state index contributed by atoms with van der Waals surface area (Å²) >= 11 is 6.29. The molecule has 2 rings (SSSR count). The van der Waals surface area contributed by atoms with Gasteiger partial charge >= 0.3 is 5.97 Å². The highest BCUT2D eigenvalue weighted by Crippen LogP contribution is 2.26. The monoisotopic (exact) mass is 306 g/mol. The molecular formula is C16H19ClN2O2. The van der Waals surface area contributed by atoms with Crippen molar-refractivity contribution >= 4 is 28.5 Å². The Morgan fingerprint density at radius 1 is 1.43 bits per heavy atom. The van der Waals surface area contributed by atoms with E-state index in [2.05, 4.69) is 17.2 Å². The molecule has 0 bridgehead atoms. The number of fused-ring (bicyclic) bond motifs is 1. The van der Waals surface area contributed by atoms with Crippen molar-refractivity contribution in [3.63, 3.8) is 0 Å². The molecule has 4 nitrogen and oxygen atoms in total. The Bertz CT molecular complexity index is 631. The number of para-hydroxylation sites is 1. The predicted octanol–water partition coefficient (Wildman–Crippen LogP) is 3.78. The first-order valence-corrected chi connectivity index (χ1v) is 7.49. The van der Waals surface area contributed by atoms with Crippen LogP contribution in [0.15, 0.2) is 30.5 Å². The maximum atomic E-state index is 12.2. The molecule has 5 heteroatoms. The summed E-state index contributed by atoms with van der Waals surface area (Å²) in [7, 11) is 0. The number of rotatable bonds is 6. The summed E-state index contributed by atoms with van der Waals surface area (Å²) < 4.78 is 5.34. The Morgan fingerprint density at radius 2 is 2.19 bits per heavy atom. The molecular weight excluding hydrogens is 288 g/mol. The van der Waals surface area contributed by atoms with Crippen molar-refractivity contribution in [2.45, 2.75) is 32.9 Å². The summed E-state index contributed by atoms with van der Waals surface area (Å²) in [6.45, 7) is 4.73. The lowest BCUT2D eigenvalue weighted by molar-refractivity contribution is 0.0266. The van der Waals surface area contributed by atoms with E-state index in [9.17, 15) is 4.79 Å². The second kappa shape index (κ2) is 7.38. The van der Waals surface area contributed by atoms with Gasteiger partial charge in [-0.15, -0.1) is 0 Å². The average molecular weight is 307 g/mol. The third kappa shape index (κ3) is 3.93. The van der Waals surface area contributed by atoms with E-state index in [0.29, 0.717) is 10.6 Å². The molecule has 0 amide bonds. The van der Waals surface area contributed by atoms with E-state index in [1.165, 1.54) is 6.20 Å². The molecule has 0 fully saturated rings. The van der Waals surface area contributed by atoms with Crippen LogP contribution in [0, 0.1) is 0 Å². The van der Waals surface area contributed by atoms with Gasteiger partial charge < -0.3 is 4.74 Å². The van der Waals surface area contributed by atoms with Crippen LogP contribution in [0.5, 0.6) is 0 Å². The van der Waals surface area contributed by atoms with E-state index in [1.807, 2.05) is 24.3 Å². The van der Waals surface area contributed by atoms with Crippen LogP contribution in [0.1, 0.15) is 37.0 Å². The topological polar surface area (TPSA) is 51.2 Å². The van der Waals surface area contributed by atoms with Gasteiger partial charge in [-0.05, 0) is 26.0 Å². The summed E-state index contributed by atoms with van der Waals surface area (Å²) in [5.74, 6) is -0.463. The van der Waals surface area contributed by atoms with Gasteiger partial charge in [0.15, 0.2) is 6.23 Å². The van der Waals surface area contributed by atoms with Gasteiger partial charge in [0.25, 0.3) is 0 Å². The molecule has 1 N–H and O–H groups in total. The minimum Gasteiger partial charge on any atom is -0.443 e. The van der Waals surface area contributed by atoms with Gasteiger partial charge in [0, 0.05) is 11.6 Å². The maximum absolute atomic E-state index is 12.2. The molecule has 0 saturated heterocycles. The van der Waals surface area contributed by atoms with E-state index in [-0.39, 0.29) is 6.23 Å². The van der Waals surface area contributed by atoms with E-state index < -0.39 is 5.97 Å². The number of pyridine rings is 1. The highest BCUT2D eigenvalue weighted by Gasteiger charge is 2.17. The Balaban J connectivity index is 2.10. The standard InChI is InChI=1S/C16H19ClN2O2/c1-3-4-9-18-11(2)21-16(20)13-10-19-14-8-6-5-7-12(14)15(13)17/h5-8,10-11,18H,3-4,9H2,1-2H3. The van der Waals surface area contributed by atoms with Gasteiger partial charge in [-0.3, -0.25) is 10.3 Å². The van der Waals surface area contributed by atoms with Crippen molar-refractivity contribution in [1.29, 1.82) is 0 Å². The van der Waals surface area contributed by atoms with E-state index in [0.717, 1.165) is 30.3 Å². The average Bonchev–Trinajstić information content (AvgIpc) is 2.48. The first-order chi connectivity index (χ1) is 10.1. The fraction of sp³-hybridized carbons (Fsp3) is 0.375. The highest BCUT2D eigenvalue weighted by molar-refractivity contribution is 6.38. The highest BCUT2D eigenvalue weighted by atomic mass is 35.5. The van der Waals surface area contributed by atoms with Crippen LogP contribution in [-0.4, -0.2) is 23.7 Å². The largest absolute Gasteiger partial charge is 0.443 e. The van der Waals surface area contributed by atoms with Crippen molar-refractivity contribution in [2.75, 3.05) is 6.54 Å². The van der Waals surface area contributed by atoms with Gasteiger partial charge in [0.1, 0.15) is 0 Å². The number of halogens is 1. The second-order valence-electron chi connectivity index (χ2n) is 4.86. The molecule has 0 radical (unpaired) electrons. The molecule has 1 heterocycles. The zero-order valence-electron chi connectivity index (χ0n) is 12.2. The van der Waals surface area contributed by atoms with E-state index in [1.54, 1.807) is 6.92 Å². The normalized spacial score (nSPS) is 12.3. The van der Waals surface area contributed by atoms with Crippen molar-refractivity contribution in [3.05, 3.63) is 41.0 Å². The molecule has 2 aromatic rings. The Kier molecular flexibility index (Phi) is 5.53. The number of esters is 1. The minimum absolute atomic E-state index is 0.291. The third-order valence-electron chi connectivity index (χ3n) is 3.18. The van der Waals surface area contributed by atoms with E-state index >= 15 is 0 Å². The fourth-order valence-corrected chi connectivity index (χ4v) is 2.28. The summed E-state index contributed by atoms with van der Waals surface area (Å²) in [6, 6.07) is 7.43. The van der Waals surface area contributed by atoms with Crippen molar-refractivity contribution < 1.29 is 9.53 Å². The lowest BCUT2D eigenvalue weighted by atomic mass is 10.1. The molecule has 0 aliphatic heterocycles. The van der Waals surface area contributed by atoms with E-state index in [4.69, 9.17) is 16.3 Å². The number of hydrogen-bond donors (Lipinski definition) is 1. The third-order valence-corrected chi connectivity index (χ3v) is 3.58. The molecule has 1 aromatic carbocycles. The predicted molar refractivity (Wildman–Crippen MR) is 84.5 cm³/mol. The van der Waals surface area contributed by atoms with Crippen LogP contribution in [0.3, 0.4) is 0 Å². The van der Waals surface area contributed by atoms with Gasteiger partial charge in [-0.2, -0.15) is 0 Å². The maximum Gasteiger partial charge on any atom is 0.342 e. The molecule has 1 aromatic heterocycles. The molecule has 0 aliphatic rings. The minimum atomic E-state index is -0.463. The Morgan fingerprint density at radius 3 is 2.95 bits per heavy atom. The fourth-order valence-electron chi connectivity index (χ4n) is 2.00. The lowest BCUT2D eigenvalue weighted by Gasteiger charge is -2.15. The number of nitrogens with one attached hydrogen (secondary N) is 1. The Labute approximate surface area is 129 Å². The molecule has 21 heavy (non-hydrogen) atoms. The summed E-state index contributed by atoms with van der Waals surface area (Å²) in [5, 5.41) is 4.27. The lowest BCUT2D eigenvalue weighted by Crippen LogP contribution is -2.31. The number of hydrogen-bond acceptors (Lipinski definition) is 4.